The number of rotatable bonds is 2. The second kappa shape index (κ2) is 3.97. The van der Waals surface area contributed by atoms with E-state index in [-0.39, 0.29) is 5.91 Å². The molecule has 2 aromatic rings. The molecule has 0 aliphatic rings. The van der Waals surface area contributed by atoms with Gasteiger partial charge in [-0.2, -0.15) is 5.10 Å². The van der Waals surface area contributed by atoms with Gasteiger partial charge in [0.15, 0.2) is 5.82 Å². The van der Waals surface area contributed by atoms with Crippen LogP contribution in [0.4, 0.5) is 11.5 Å². The molecule has 84 valence electrons. The number of amides is 1. The first-order valence-electron chi connectivity index (χ1n) is 4.75. The standard InChI is InChI=1S/C10H12N4OS/c1-5-3-8(16-6(5)2)10(15)13-9-7(11)4-12-14-9/h3-4H,11H2,1-2H3,(H2,12,13,14,15). The summed E-state index contributed by atoms with van der Waals surface area (Å²) in [6.45, 7) is 3.97. The molecule has 6 heteroatoms. The molecular weight excluding hydrogens is 224 g/mol. The van der Waals surface area contributed by atoms with Crippen LogP contribution in [0.25, 0.3) is 0 Å². The summed E-state index contributed by atoms with van der Waals surface area (Å²) >= 11 is 1.46. The number of anilines is 2. The molecule has 16 heavy (non-hydrogen) atoms. The van der Waals surface area contributed by atoms with Crippen molar-refractivity contribution >= 4 is 28.7 Å². The summed E-state index contributed by atoms with van der Waals surface area (Å²) < 4.78 is 0. The molecule has 0 atom stereocenters. The van der Waals surface area contributed by atoms with E-state index in [9.17, 15) is 4.79 Å². The zero-order valence-corrected chi connectivity index (χ0v) is 9.81. The van der Waals surface area contributed by atoms with Crippen LogP contribution < -0.4 is 11.1 Å². The summed E-state index contributed by atoms with van der Waals surface area (Å²) in [5.74, 6) is 0.269. The van der Waals surface area contributed by atoms with Crippen molar-refractivity contribution in [3.05, 3.63) is 27.6 Å². The number of nitrogens with one attached hydrogen (secondary N) is 2. The number of carbonyl (C=O) groups is 1. The van der Waals surface area contributed by atoms with E-state index in [0.717, 1.165) is 10.4 Å². The average molecular weight is 236 g/mol. The van der Waals surface area contributed by atoms with Gasteiger partial charge in [-0.1, -0.05) is 0 Å². The fraction of sp³-hybridized carbons (Fsp3) is 0.200. The van der Waals surface area contributed by atoms with Crippen LogP contribution in [0.3, 0.4) is 0 Å². The van der Waals surface area contributed by atoms with Crippen molar-refractivity contribution in [1.29, 1.82) is 0 Å². The Balaban J connectivity index is 2.18. The Bertz CT molecular complexity index is 509. The summed E-state index contributed by atoms with van der Waals surface area (Å²) in [6, 6.07) is 1.86. The predicted octanol–water partition coefficient (Wildman–Crippen LogP) is 1.92. The van der Waals surface area contributed by atoms with Crippen molar-refractivity contribution in [2.24, 2.45) is 0 Å². The van der Waals surface area contributed by atoms with Gasteiger partial charge in [0.1, 0.15) is 0 Å². The molecule has 0 saturated heterocycles. The van der Waals surface area contributed by atoms with Crippen LogP contribution in [-0.4, -0.2) is 16.1 Å². The topological polar surface area (TPSA) is 83.8 Å². The van der Waals surface area contributed by atoms with E-state index in [0.29, 0.717) is 16.4 Å². The van der Waals surface area contributed by atoms with Gasteiger partial charge in [-0.3, -0.25) is 9.89 Å². The number of nitrogen functional groups attached to an aromatic ring is 1. The van der Waals surface area contributed by atoms with Crippen molar-refractivity contribution in [1.82, 2.24) is 10.2 Å². The van der Waals surface area contributed by atoms with Gasteiger partial charge in [-0.25, -0.2) is 0 Å². The number of aromatic amines is 1. The third-order valence-electron chi connectivity index (χ3n) is 2.30. The van der Waals surface area contributed by atoms with E-state index >= 15 is 0 Å². The third-order valence-corrected chi connectivity index (χ3v) is 3.45. The largest absolute Gasteiger partial charge is 0.394 e. The maximum Gasteiger partial charge on any atom is 0.266 e. The second-order valence-corrected chi connectivity index (χ2v) is 4.76. The number of hydrogen-bond acceptors (Lipinski definition) is 4. The van der Waals surface area contributed by atoms with Gasteiger partial charge in [0.2, 0.25) is 0 Å². The van der Waals surface area contributed by atoms with E-state index in [1.165, 1.54) is 17.5 Å². The molecule has 2 aromatic heterocycles. The SMILES string of the molecule is Cc1cc(C(=O)Nc2[nH]ncc2N)sc1C. The van der Waals surface area contributed by atoms with Crippen molar-refractivity contribution in [3.8, 4) is 0 Å². The lowest BCUT2D eigenvalue weighted by Gasteiger charge is -2.00. The van der Waals surface area contributed by atoms with Crippen LogP contribution in [0.5, 0.6) is 0 Å². The Morgan fingerprint density at radius 1 is 1.56 bits per heavy atom. The van der Waals surface area contributed by atoms with Crippen molar-refractivity contribution in [2.45, 2.75) is 13.8 Å². The van der Waals surface area contributed by atoms with E-state index in [4.69, 9.17) is 5.73 Å². The Kier molecular flexibility index (Phi) is 2.66. The first-order chi connectivity index (χ1) is 7.58. The smallest absolute Gasteiger partial charge is 0.266 e. The number of nitrogens with zero attached hydrogens (tertiary/aromatic N) is 1. The zero-order chi connectivity index (χ0) is 11.7. The van der Waals surface area contributed by atoms with Gasteiger partial charge in [-0.15, -0.1) is 11.3 Å². The minimum atomic E-state index is -0.169. The molecule has 0 unspecified atom stereocenters. The molecule has 5 nitrogen and oxygen atoms in total. The number of H-pyrrole nitrogens is 1. The lowest BCUT2D eigenvalue weighted by Crippen LogP contribution is -2.11. The highest BCUT2D eigenvalue weighted by molar-refractivity contribution is 7.14. The Labute approximate surface area is 96.7 Å². The first kappa shape index (κ1) is 10.7. The Hall–Kier alpha value is -1.82. The molecule has 0 fully saturated rings. The zero-order valence-electron chi connectivity index (χ0n) is 9.00. The summed E-state index contributed by atoms with van der Waals surface area (Å²) in [7, 11) is 0. The highest BCUT2D eigenvalue weighted by atomic mass is 32.1. The second-order valence-electron chi connectivity index (χ2n) is 3.50. The highest BCUT2D eigenvalue weighted by Gasteiger charge is 2.12. The van der Waals surface area contributed by atoms with Crippen molar-refractivity contribution in [3.63, 3.8) is 0 Å². The van der Waals surface area contributed by atoms with Gasteiger partial charge in [0.25, 0.3) is 5.91 Å². The van der Waals surface area contributed by atoms with Crippen LogP contribution in [0.1, 0.15) is 20.1 Å². The molecule has 0 aliphatic carbocycles. The minimum absolute atomic E-state index is 0.169. The van der Waals surface area contributed by atoms with Gasteiger partial charge in [0, 0.05) is 4.88 Å². The van der Waals surface area contributed by atoms with Gasteiger partial charge < -0.3 is 11.1 Å². The molecule has 1 amide bonds. The molecule has 0 spiro atoms. The first-order valence-corrected chi connectivity index (χ1v) is 5.57. The molecule has 0 saturated carbocycles. The minimum Gasteiger partial charge on any atom is -0.394 e. The molecule has 0 aromatic carbocycles. The molecule has 2 rings (SSSR count). The van der Waals surface area contributed by atoms with Crippen LogP contribution >= 0.6 is 11.3 Å². The van der Waals surface area contributed by atoms with Crippen LogP contribution in [-0.2, 0) is 0 Å². The predicted molar refractivity (Wildman–Crippen MR) is 64.7 cm³/mol. The number of aryl methyl sites for hydroxylation is 2. The van der Waals surface area contributed by atoms with Crippen LogP contribution in [0.2, 0.25) is 0 Å². The number of hydrogen-bond donors (Lipinski definition) is 3. The van der Waals surface area contributed by atoms with E-state index in [1.807, 2.05) is 19.9 Å². The molecular formula is C10H12N4OS. The molecule has 0 radical (unpaired) electrons. The number of aromatic nitrogens is 2. The quantitative estimate of drug-likeness (QED) is 0.744. The fourth-order valence-corrected chi connectivity index (χ4v) is 2.18. The molecule has 0 aliphatic heterocycles. The fourth-order valence-electron chi connectivity index (χ4n) is 1.26. The number of thiophene rings is 1. The summed E-state index contributed by atoms with van der Waals surface area (Å²) in [4.78, 5) is 13.6. The van der Waals surface area contributed by atoms with Crippen molar-refractivity contribution in [2.75, 3.05) is 11.1 Å². The van der Waals surface area contributed by atoms with E-state index in [1.54, 1.807) is 0 Å². The van der Waals surface area contributed by atoms with Gasteiger partial charge in [0.05, 0.1) is 16.8 Å². The number of carbonyl (C=O) groups excluding carboxylic acids is 1. The monoisotopic (exact) mass is 236 g/mol. The maximum absolute atomic E-state index is 11.8. The maximum atomic E-state index is 11.8. The third kappa shape index (κ3) is 1.92. The summed E-state index contributed by atoms with van der Waals surface area (Å²) in [6.07, 6.45) is 1.46. The van der Waals surface area contributed by atoms with Crippen LogP contribution in [0.15, 0.2) is 12.3 Å². The van der Waals surface area contributed by atoms with E-state index in [2.05, 4.69) is 15.5 Å². The van der Waals surface area contributed by atoms with Crippen molar-refractivity contribution < 1.29 is 4.79 Å². The van der Waals surface area contributed by atoms with Crippen LogP contribution in [0, 0.1) is 13.8 Å². The van der Waals surface area contributed by atoms with E-state index < -0.39 is 0 Å². The lowest BCUT2D eigenvalue weighted by molar-refractivity contribution is 0.103. The highest BCUT2D eigenvalue weighted by Crippen LogP contribution is 2.22. The summed E-state index contributed by atoms with van der Waals surface area (Å²) in [5.41, 5.74) is 7.14. The summed E-state index contributed by atoms with van der Waals surface area (Å²) in [5, 5.41) is 9.03. The Morgan fingerprint density at radius 3 is 2.81 bits per heavy atom. The Morgan fingerprint density at radius 2 is 2.31 bits per heavy atom. The number of nitrogens with two attached hydrogens (primary N) is 1. The molecule has 4 N–H and O–H groups in total. The molecule has 2 heterocycles. The lowest BCUT2D eigenvalue weighted by atomic mass is 10.3. The molecule has 0 bridgehead atoms. The normalized spacial score (nSPS) is 10.4. The van der Waals surface area contributed by atoms with Gasteiger partial charge in [-0.05, 0) is 25.5 Å². The van der Waals surface area contributed by atoms with Gasteiger partial charge >= 0.3 is 0 Å². The average Bonchev–Trinajstić information content (AvgIpc) is 2.76.